The number of halogens is 6. The first-order chi connectivity index (χ1) is 13.5. The molecule has 0 aliphatic heterocycles. The summed E-state index contributed by atoms with van der Waals surface area (Å²) in [5.41, 5.74) is -5.60. The standard InChI is InChI=1S/C15H24F6O8/c1-24-2-3-25-4-5-26-6-7-27-8-9-28-10-11-29-12(22)13(23,14(16,17)18)15(19,20)21/h23H,2-11H2,1H3. The van der Waals surface area contributed by atoms with E-state index in [1.165, 1.54) is 0 Å². The van der Waals surface area contributed by atoms with Gasteiger partial charge in [-0.15, -0.1) is 0 Å². The van der Waals surface area contributed by atoms with E-state index in [1.54, 1.807) is 7.11 Å². The molecule has 0 amide bonds. The maximum absolute atomic E-state index is 12.4. The monoisotopic (exact) mass is 446 g/mol. The molecule has 0 fully saturated rings. The second-order valence-electron chi connectivity index (χ2n) is 5.28. The van der Waals surface area contributed by atoms with Crippen molar-refractivity contribution >= 4 is 5.97 Å². The summed E-state index contributed by atoms with van der Waals surface area (Å²) in [4.78, 5) is 11.1. The van der Waals surface area contributed by atoms with Gasteiger partial charge in [-0.2, -0.15) is 26.3 Å². The number of rotatable bonds is 16. The largest absolute Gasteiger partial charge is 0.461 e. The average Bonchev–Trinajstić information content (AvgIpc) is 2.62. The highest BCUT2D eigenvalue weighted by atomic mass is 19.4. The zero-order valence-electron chi connectivity index (χ0n) is 15.6. The van der Waals surface area contributed by atoms with Gasteiger partial charge in [0.1, 0.15) is 6.61 Å². The molecule has 0 saturated heterocycles. The fourth-order valence-corrected chi connectivity index (χ4v) is 1.59. The number of aliphatic hydroxyl groups is 1. The Balaban J connectivity index is 3.74. The van der Waals surface area contributed by atoms with E-state index in [1.807, 2.05) is 0 Å². The Kier molecular flexibility index (Phi) is 13.4. The fraction of sp³-hybridized carbons (Fsp3) is 0.933. The van der Waals surface area contributed by atoms with Gasteiger partial charge < -0.3 is 33.5 Å². The summed E-state index contributed by atoms with van der Waals surface area (Å²) in [6.45, 7) is 0.787. The van der Waals surface area contributed by atoms with Crippen molar-refractivity contribution in [3.05, 3.63) is 0 Å². The molecule has 0 bridgehead atoms. The van der Waals surface area contributed by atoms with Gasteiger partial charge in [0.2, 0.25) is 0 Å². The van der Waals surface area contributed by atoms with Crippen LogP contribution in [0.2, 0.25) is 0 Å². The molecule has 0 rings (SSSR count). The first-order valence-corrected chi connectivity index (χ1v) is 8.31. The minimum absolute atomic E-state index is 0.0551. The van der Waals surface area contributed by atoms with Crippen molar-refractivity contribution in [2.75, 3.05) is 73.2 Å². The lowest BCUT2D eigenvalue weighted by molar-refractivity contribution is -0.357. The predicted molar refractivity (Wildman–Crippen MR) is 83.2 cm³/mol. The Labute approximate surface area is 162 Å². The maximum atomic E-state index is 12.4. The summed E-state index contributed by atoms with van der Waals surface area (Å²) < 4.78 is 103. The highest BCUT2D eigenvalue weighted by Gasteiger charge is 2.76. The Morgan fingerprint density at radius 1 is 0.655 bits per heavy atom. The molecule has 0 radical (unpaired) electrons. The van der Waals surface area contributed by atoms with Crippen molar-refractivity contribution in [3.8, 4) is 0 Å². The smallest absolute Gasteiger partial charge is 0.437 e. The van der Waals surface area contributed by atoms with Crippen molar-refractivity contribution in [2.45, 2.75) is 18.0 Å². The van der Waals surface area contributed by atoms with Gasteiger partial charge in [0.25, 0.3) is 0 Å². The van der Waals surface area contributed by atoms with E-state index in [0.717, 1.165) is 0 Å². The van der Waals surface area contributed by atoms with Gasteiger partial charge >= 0.3 is 23.9 Å². The van der Waals surface area contributed by atoms with Crippen LogP contribution in [0.3, 0.4) is 0 Å². The number of alkyl halides is 6. The molecule has 0 spiro atoms. The molecule has 0 aliphatic carbocycles. The number of carbonyl (C=O) groups is 1. The normalized spacial score (nSPS) is 13.0. The van der Waals surface area contributed by atoms with Crippen LogP contribution < -0.4 is 0 Å². The van der Waals surface area contributed by atoms with Crippen molar-refractivity contribution in [1.82, 2.24) is 0 Å². The number of esters is 1. The van der Waals surface area contributed by atoms with Gasteiger partial charge in [-0.1, -0.05) is 0 Å². The SMILES string of the molecule is COCCOCCOCCOCCOCCOC(=O)C(O)(C(F)(F)F)C(F)(F)F. The van der Waals surface area contributed by atoms with E-state index in [9.17, 15) is 31.1 Å². The van der Waals surface area contributed by atoms with Crippen LogP contribution in [0.25, 0.3) is 0 Å². The van der Waals surface area contributed by atoms with Crippen molar-refractivity contribution in [1.29, 1.82) is 0 Å². The number of ether oxygens (including phenoxy) is 6. The minimum Gasteiger partial charge on any atom is -0.461 e. The van der Waals surface area contributed by atoms with Gasteiger partial charge in [-0.25, -0.2) is 4.79 Å². The number of methoxy groups -OCH3 is 1. The highest BCUT2D eigenvalue weighted by molar-refractivity contribution is 5.81. The lowest BCUT2D eigenvalue weighted by Crippen LogP contribution is -2.63. The summed E-state index contributed by atoms with van der Waals surface area (Å²) in [6, 6.07) is 0. The van der Waals surface area contributed by atoms with E-state index in [-0.39, 0.29) is 26.4 Å². The zero-order chi connectivity index (χ0) is 22.4. The van der Waals surface area contributed by atoms with Crippen molar-refractivity contribution in [2.24, 2.45) is 0 Å². The van der Waals surface area contributed by atoms with Gasteiger partial charge in [-0.3, -0.25) is 0 Å². The molecule has 174 valence electrons. The molecule has 0 aromatic heterocycles. The second-order valence-corrected chi connectivity index (χ2v) is 5.28. The van der Waals surface area contributed by atoms with E-state index in [2.05, 4.69) is 4.74 Å². The van der Waals surface area contributed by atoms with Gasteiger partial charge in [0.15, 0.2) is 0 Å². The van der Waals surface area contributed by atoms with Crippen LogP contribution in [0.1, 0.15) is 0 Å². The van der Waals surface area contributed by atoms with Crippen LogP contribution >= 0.6 is 0 Å². The van der Waals surface area contributed by atoms with E-state index in [4.69, 9.17) is 28.8 Å². The Hall–Kier alpha value is -1.19. The molecule has 0 unspecified atom stereocenters. The lowest BCUT2D eigenvalue weighted by Gasteiger charge is -2.29. The predicted octanol–water partition coefficient (Wildman–Crippen LogP) is 1.10. The van der Waals surface area contributed by atoms with Crippen LogP contribution in [0, 0.1) is 0 Å². The molecular weight excluding hydrogens is 422 g/mol. The van der Waals surface area contributed by atoms with Crippen LogP contribution in [0.5, 0.6) is 0 Å². The molecular formula is C15H24F6O8. The summed E-state index contributed by atoms with van der Waals surface area (Å²) in [6.07, 6.45) is -12.6. The molecule has 0 saturated carbocycles. The number of hydrogen-bond donors (Lipinski definition) is 1. The first kappa shape index (κ1) is 27.8. The second kappa shape index (κ2) is 13.9. The summed E-state index contributed by atoms with van der Waals surface area (Å²) in [5.74, 6) is -2.87. The quantitative estimate of drug-likeness (QED) is 0.214. The molecule has 8 nitrogen and oxygen atoms in total. The molecule has 0 atom stereocenters. The summed E-state index contributed by atoms with van der Waals surface area (Å²) in [5, 5.41) is 8.76. The minimum atomic E-state index is -6.28. The van der Waals surface area contributed by atoms with E-state index < -0.39 is 37.1 Å². The molecule has 0 aliphatic rings. The lowest BCUT2D eigenvalue weighted by atomic mass is 10.0. The first-order valence-electron chi connectivity index (χ1n) is 8.31. The van der Waals surface area contributed by atoms with Crippen LogP contribution in [0.15, 0.2) is 0 Å². The maximum Gasteiger partial charge on any atom is 0.437 e. The molecule has 0 aromatic carbocycles. The Bertz CT molecular complexity index is 430. The van der Waals surface area contributed by atoms with Crippen molar-refractivity contribution < 1.29 is 64.7 Å². The topological polar surface area (TPSA) is 92.7 Å². The third-order valence-corrected chi connectivity index (χ3v) is 3.12. The summed E-state index contributed by atoms with van der Waals surface area (Å²) in [7, 11) is 1.55. The molecule has 0 heterocycles. The molecule has 14 heteroatoms. The number of carbonyl (C=O) groups excluding carboxylic acids is 1. The Morgan fingerprint density at radius 2 is 0.966 bits per heavy atom. The fourth-order valence-electron chi connectivity index (χ4n) is 1.59. The Morgan fingerprint density at radius 3 is 1.28 bits per heavy atom. The number of hydrogen-bond acceptors (Lipinski definition) is 8. The van der Waals surface area contributed by atoms with Crippen molar-refractivity contribution in [3.63, 3.8) is 0 Å². The van der Waals surface area contributed by atoms with Crippen LogP contribution in [-0.2, 0) is 33.2 Å². The van der Waals surface area contributed by atoms with Crippen LogP contribution in [0.4, 0.5) is 26.3 Å². The van der Waals surface area contributed by atoms with Gasteiger partial charge in [0.05, 0.1) is 59.5 Å². The van der Waals surface area contributed by atoms with E-state index in [0.29, 0.717) is 26.4 Å². The van der Waals surface area contributed by atoms with Gasteiger partial charge in [-0.05, 0) is 0 Å². The third-order valence-electron chi connectivity index (χ3n) is 3.12. The molecule has 1 N–H and O–H groups in total. The average molecular weight is 446 g/mol. The molecule has 29 heavy (non-hydrogen) atoms. The van der Waals surface area contributed by atoms with E-state index >= 15 is 0 Å². The summed E-state index contributed by atoms with van der Waals surface area (Å²) >= 11 is 0. The zero-order valence-corrected chi connectivity index (χ0v) is 15.6. The van der Waals surface area contributed by atoms with Crippen LogP contribution in [-0.4, -0.2) is 102 Å². The van der Waals surface area contributed by atoms with Gasteiger partial charge in [0, 0.05) is 7.11 Å². The third kappa shape index (κ3) is 10.4. The highest BCUT2D eigenvalue weighted by Crippen LogP contribution is 2.43. The molecule has 0 aromatic rings.